The lowest BCUT2D eigenvalue weighted by Crippen LogP contribution is -1.98. The van der Waals surface area contributed by atoms with Gasteiger partial charge in [0, 0.05) is 18.1 Å². The van der Waals surface area contributed by atoms with Crippen LogP contribution in [0.2, 0.25) is 0 Å². The minimum absolute atomic E-state index is 0.355. The Morgan fingerprint density at radius 3 is 2.80 bits per heavy atom. The van der Waals surface area contributed by atoms with E-state index in [0.717, 1.165) is 30.7 Å². The minimum atomic E-state index is -0.894. The summed E-state index contributed by atoms with van der Waals surface area (Å²) in [6, 6.07) is 2.23. The van der Waals surface area contributed by atoms with Gasteiger partial charge < -0.3 is 8.98 Å². The molecule has 0 radical (unpaired) electrons. The van der Waals surface area contributed by atoms with Gasteiger partial charge in [-0.1, -0.05) is 0 Å². The summed E-state index contributed by atoms with van der Waals surface area (Å²) >= 11 is 0. The lowest BCUT2D eigenvalue weighted by Gasteiger charge is -2.01. The molecule has 2 aromatic heterocycles. The van der Waals surface area contributed by atoms with Gasteiger partial charge in [0.05, 0.1) is 23.6 Å². The van der Waals surface area contributed by atoms with E-state index in [9.17, 15) is 8.78 Å². The zero-order valence-corrected chi connectivity index (χ0v) is 10.5. The maximum atomic E-state index is 13.3. The van der Waals surface area contributed by atoms with E-state index in [1.807, 2.05) is 0 Å². The van der Waals surface area contributed by atoms with Crippen LogP contribution < -0.4 is 0 Å². The third-order valence-corrected chi connectivity index (χ3v) is 3.52. The Morgan fingerprint density at radius 1 is 1.20 bits per heavy atom. The predicted molar refractivity (Wildman–Crippen MR) is 67.2 cm³/mol. The number of nitrogens with zero attached hydrogens (tertiary/aromatic N) is 3. The molecule has 0 aliphatic heterocycles. The molecule has 0 amide bonds. The number of fused-ring (bicyclic) bond motifs is 1. The average Bonchev–Trinajstić information content (AvgIpc) is 3.07. The van der Waals surface area contributed by atoms with Crippen molar-refractivity contribution in [2.45, 2.75) is 25.3 Å². The molecule has 0 spiro atoms. The highest BCUT2D eigenvalue weighted by Crippen LogP contribution is 2.40. The third-order valence-electron chi connectivity index (χ3n) is 3.52. The largest absolute Gasteiger partial charge is 0.443 e. The molecule has 1 fully saturated rings. The van der Waals surface area contributed by atoms with Crippen LogP contribution in [0.3, 0.4) is 0 Å². The number of imidazole rings is 1. The molecule has 6 heteroatoms. The summed E-state index contributed by atoms with van der Waals surface area (Å²) in [5, 5.41) is 0. The van der Waals surface area contributed by atoms with Crippen molar-refractivity contribution in [3.05, 3.63) is 47.9 Å². The molecule has 0 unspecified atom stereocenters. The number of oxazole rings is 1. The van der Waals surface area contributed by atoms with Crippen molar-refractivity contribution in [3.8, 4) is 0 Å². The first-order valence-electron chi connectivity index (χ1n) is 6.45. The smallest absolute Gasteiger partial charge is 0.214 e. The second-order valence-corrected chi connectivity index (χ2v) is 5.06. The fourth-order valence-corrected chi connectivity index (χ4v) is 2.28. The van der Waals surface area contributed by atoms with Crippen LogP contribution in [-0.4, -0.2) is 14.5 Å². The summed E-state index contributed by atoms with van der Waals surface area (Å²) in [5.74, 6) is 0.181. The van der Waals surface area contributed by atoms with Gasteiger partial charge in [0.15, 0.2) is 11.6 Å². The Balaban J connectivity index is 1.68. The Hall–Kier alpha value is -2.24. The van der Waals surface area contributed by atoms with Crippen molar-refractivity contribution in [1.82, 2.24) is 14.5 Å². The van der Waals surface area contributed by atoms with Gasteiger partial charge in [-0.2, -0.15) is 0 Å². The molecule has 0 bridgehead atoms. The Morgan fingerprint density at radius 2 is 2.00 bits per heavy atom. The normalized spacial score (nSPS) is 15.1. The van der Waals surface area contributed by atoms with Gasteiger partial charge in [-0.15, -0.1) is 0 Å². The van der Waals surface area contributed by atoms with Crippen LogP contribution in [0.5, 0.6) is 0 Å². The fraction of sp³-hybridized carbons (Fsp3) is 0.286. The molecule has 2 heterocycles. The highest BCUT2D eigenvalue weighted by Gasteiger charge is 2.27. The van der Waals surface area contributed by atoms with Crippen LogP contribution in [0.1, 0.15) is 30.4 Å². The number of halogens is 2. The quantitative estimate of drug-likeness (QED) is 0.737. The van der Waals surface area contributed by atoms with Crippen molar-refractivity contribution in [2.75, 3.05) is 0 Å². The van der Waals surface area contributed by atoms with E-state index in [1.54, 1.807) is 10.8 Å². The van der Waals surface area contributed by atoms with Crippen LogP contribution in [0.4, 0.5) is 8.78 Å². The highest BCUT2D eigenvalue weighted by atomic mass is 19.2. The van der Waals surface area contributed by atoms with E-state index in [1.165, 1.54) is 6.33 Å². The molecule has 3 aromatic rings. The Kier molecular flexibility index (Phi) is 2.39. The molecule has 1 saturated carbocycles. The van der Waals surface area contributed by atoms with E-state index in [2.05, 4.69) is 9.97 Å². The van der Waals surface area contributed by atoms with Gasteiger partial charge in [-0.25, -0.2) is 18.7 Å². The molecule has 4 nitrogen and oxygen atoms in total. The first-order chi connectivity index (χ1) is 9.70. The van der Waals surface area contributed by atoms with Crippen molar-refractivity contribution in [3.63, 3.8) is 0 Å². The average molecular weight is 275 g/mol. The monoisotopic (exact) mass is 275 g/mol. The highest BCUT2D eigenvalue weighted by molar-refractivity contribution is 5.75. The molecule has 0 saturated heterocycles. The summed E-state index contributed by atoms with van der Waals surface area (Å²) in [6.45, 7) is 0.355. The maximum absolute atomic E-state index is 13.3. The lowest BCUT2D eigenvalue weighted by molar-refractivity contribution is 0.445. The number of benzene rings is 1. The van der Waals surface area contributed by atoms with Crippen LogP contribution >= 0.6 is 0 Å². The van der Waals surface area contributed by atoms with Gasteiger partial charge in [-0.3, -0.25) is 0 Å². The molecule has 1 aromatic carbocycles. The zero-order valence-electron chi connectivity index (χ0n) is 10.5. The standard InChI is InChI=1S/C14H11F2N3O/c15-9-3-11-12(4-10(9)16)19(7-18-11)6-14-17-5-13(20-14)8-1-2-8/h3-5,7-8H,1-2,6H2. The van der Waals surface area contributed by atoms with Crippen molar-refractivity contribution in [2.24, 2.45) is 0 Å². The minimum Gasteiger partial charge on any atom is -0.443 e. The van der Waals surface area contributed by atoms with E-state index < -0.39 is 11.6 Å². The van der Waals surface area contributed by atoms with E-state index >= 15 is 0 Å². The van der Waals surface area contributed by atoms with Gasteiger partial charge in [-0.05, 0) is 12.8 Å². The van der Waals surface area contributed by atoms with Crippen LogP contribution in [0.25, 0.3) is 11.0 Å². The number of aromatic nitrogens is 3. The van der Waals surface area contributed by atoms with Gasteiger partial charge in [0.2, 0.25) is 5.89 Å². The van der Waals surface area contributed by atoms with E-state index in [-0.39, 0.29) is 0 Å². The van der Waals surface area contributed by atoms with Crippen molar-refractivity contribution >= 4 is 11.0 Å². The summed E-state index contributed by atoms with van der Waals surface area (Å²) in [6.07, 6.45) is 5.57. The lowest BCUT2D eigenvalue weighted by atomic mass is 10.3. The van der Waals surface area contributed by atoms with Crippen LogP contribution in [0, 0.1) is 11.6 Å². The zero-order chi connectivity index (χ0) is 13.7. The second kappa shape index (κ2) is 4.13. The predicted octanol–water partition coefficient (Wildman–Crippen LogP) is 3.23. The van der Waals surface area contributed by atoms with Gasteiger partial charge in [0.25, 0.3) is 0 Å². The molecule has 0 N–H and O–H groups in total. The van der Waals surface area contributed by atoms with Crippen LogP contribution in [-0.2, 0) is 6.54 Å². The summed E-state index contributed by atoms with van der Waals surface area (Å²) in [4.78, 5) is 8.27. The SMILES string of the molecule is Fc1cc2ncn(Cc3ncc(C4CC4)o3)c2cc1F. The second-order valence-electron chi connectivity index (χ2n) is 5.06. The molecule has 1 aliphatic rings. The van der Waals surface area contributed by atoms with E-state index in [0.29, 0.717) is 29.4 Å². The molecule has 1 aliphatic carbocycles. The molecule has 102 valence electrons. The maximum Gasteiger partial charge on any atom is 0.214 e. The van der Waals surface area contributed by atoms with Crippen molar-refractivity contribution < 1.29 is 13.2 Å². The number of hydrogen-bond acceptors (Lipinski definition) is 3. The van der Waals surface area contributed by atoms with E-state index in [4.69, 9.17) is 4.42 Å². The molecular formula is C14H11F2N3O. The Labute approximate surface area is 113 Å². The fourth-order valence-electron chi connectivity index (χ4n) is 2.28. The first-order valence-corrected chi connectivity index (χ1v) is 6.45. The molecule has 20 heavy (non-hydrogen) atoms. The summed E-state index contributed by atoms with van der Waals surface area (Å²) < 4.78 is 33.8. The Bertz CT molecular complexity index is 789. The topological polar surface area (TPSA) is 43.9 Å². The third kappa shape index (κ3) is 1.88. The molecule has 0 atom stereocenters. The number of rotatable bonds is 3. The first kappa shape index (κ1) is 11.6. The summed E-state index contributed by atoms with van der Waals surface area (Å²) in [7, 11) is 0. The van der Waals surface area contributed by atoms with Crippen LogP contribution in [0.15, 0.2) is 29.1 Å². The molecular weight excluding hydrogens is 264 g/mol. The van der Waals surface area contributed by atoms with Gasteiger partial charge >= 0.3 is 0 Å². The van der Waals surface area contributed by atoms with Gasteiger partial charge in [0.1, 0.15) is 12.3 Å². The summed E-state index contributed by atoms with van der Waals surface area (Å²) in [5.41, 5.74) is 0.938. The number of hydrogen-bond donors (Lipinski definition) is 0. The molecule has 4 rings (SSSR count). The van der Waals surface area contributed by atoms with Crippen molar-refractivity contribution in [1.29, 1.82) is 0 Å².